The quantitative estimate of drug-likeness (QED) is 0.792. The van der Waals surface area contributed by atoms with Gasteiger partial charge in [-0.15, -0.1) is 0 Å². The number of para-hydroxylation sites is 1. The van der Waals surface area contributed by atoms with Gasteiger partial charge in [0.05, 0.1) is 31.5 Å². The molecule has 1 saturated heterocycles. The molecular weight excluding hydrogens is 332 g/mol. The van der Waals surface area contributed by atoms with Crippen molar-refractivity contribution in [1.29, 1.82) is 0 Å². The molecule has 2 amide bonds. The minimum Gasteiger partial charge on any atom is -0.493 e. The van der Waals surface area contributed by atoms with Crippen LogP contribution >= 0.6 is 0 Å². The zero-order valence-corrected chi connectivity index (χ0v) is 14.9. The monoisotopic (exact) mass is 356 g/mol. The first-order valence-corrected chi connectivity index (χ1v) is 8.85. The fraction of sp³-hybridized carbons (Fsp3) is 0.421. The predicted octanol–water partition coefficient (Wildman–Crippen LogP) is 1.83. The van der Waals surface area contributed by atoms with Crippen LogP contribution < -0.4 is 10.1 Å². The Kier molecular flexibility index (Phi) is 5.88. The Morgan fingerprint density at radius 3 is 2.92 bits per heavy atom. The Balaban J connectivity index is 1.44. The number of hydrogen-bond donors (Lipinski definition) is 2. The normalized spacial score (nSPS) is 16.5. The number of nitrogens with one attached hydrogen (secondary N) is 2. The van der Waals surface area contributed by atoms with Crippen LogP contribution in [0.2, 0.25) is 0 Å². The number of hydrogen-bond acceptors (Lipinski definition) is 4. The Morgan fingerprint density at radius 1 is 1.35 bits per heavy atom. The van der Waals surface area contributed by atoms with Gasteiger partial charge in [0.1, 0.15) is 11.6 Å². The Bertz CT molecular complexity index is 744. The standard InChI is InChI=1S/C19H24N4O3/c1-14(24)20-11-16-12-21-19(22-16)15-7-9-23(13-15)18(25)8-10-26-17-5-3-2-4-6-17/h2-6,12,15H,7-11,13H2,1H3,(H,20,24)(H,21,22). The lowest BCUT2D eigenvalue weighted by Crippen LogP contribution is -2.29. The molecule has 2 N–H and O–H groups in total. The molecule has 1 aromatic carbocycles. The number of benzene rings is 1. The topological polar surface area (TPSA) is 87.3 Å². The number of nitrogens with zero attached hydrogens (tertiary/aromatic N) is 2. The largest absolute Gasteiger partial charge is 0.493 e. The average molecular weight is 356 g/mol. The molecule has 1 fully saturated rings. The molecule has 138 valence electrons. The van der Waals surface area contributed by atoms with Crippen LogP contribution in [0.4, 0.5) is 0 Å². The van der Waals surface area contributed by atoms with Crippen molar-refractivity contribution in [3.05, 3.63) is 48.0 Å². The van der Waals surface area contributed by atoms with Gasteiger partial charge in [-0.05, 0) is 18.6 Å². The molecular formula is C19H24N4O3. The lowest BCUT2D eigenvalue weighted by molar-refractivity contribution is -0.130. The molecule has 0 bridgehead atoms. The van der Waals surface area contributed by atoms with Crippen LogP contribution in [0.5, 0.6) is 5.75 Å². The molecule has 26 heavy (non-hydrogen) atoms. The second-order valence-corrected chi connectivity index (χ2v) is 6.44. The summed E-state index contributed by atoms with van der Waals surface area (Å²) in [6.07, 6.45) is 3.00. The van der Waals surface area contributed by atoms with Gasteiger partial charge in [-0.25, -0.2) is 4.98 Å². The molecule has 7 heteroatoms. The summed E-state index contributed by atoms with van der Waals surface area (Å²) < 4.78 is 5.60. The van der Waals surface area contributed by atoms with Crippen molar-refractivity contribution in [2.75, 3.05) is 19.7 Å². The van der Waals surface area contributed by atoms with Crippen molar-refractivity contribution in [2.24, 2.45) is 0 Å². The van der Waals surface area contributed by atoms with Crippen LogP contribution in [0.3, 0.4) is 0 Å². The highest BCUT2D eigenvalue weighted by Crippen LogP contribution is 2.25. The van der Waals surface area contributed by atoms with Gasteiger partial charge in [-0.2, -0.15) is 0 Å². The first-order chi connectivity index (χ1) is 12.6. The van der Waals surface area contributed by atoms with Gasteiger partial charge in [-0.1, -0.05) is 18.2 Å². The van der Waals surface area contributed by atoms with Crippen LogP contribution in [0.15, 0.2) is 36.5 Å². The molecule has 1 aromatic heterocycles. The maximum absolute atomic E-state index is 12.4. The van der Waals surface area contributed by atoms with Gasteiger partial charge in [-0.3, -0.25) is 9.59 Å². The van der Waals surface area contributed by atoms with E-state index in [1.807, 2.05) is 35.2 Å². The predicted molar refractivity (Wildman–Crippen MR) is 96.6 cm³/mol. The number of aromatic amines is 1. The number of likely N-dealkylation sites (tertiary alicyclic amines) is 1. The highest BCUT2D eigenvalue weighted by molar-refractivity contribution is 5.76. The number of H-pyrrole nitrogens is 1. The summed E-state index contributed by atoms with van der Waals surface area (Å²) in [4.78, 5) is 32.9. The molecule has 1 aliphatic rings. The van der Waals surface area contributed by atoms with Crippen LogP contribution in [-0.2, 0) is 16.1 Å². The van der Waals surface area contributed by atoms with Gasteiger partial charge in [0.2, 0.25) is 11.8 Å². The minimum absolute atomic E-state index is 0.0727. The summed E-state index contributed by atoms with van der Waals surface area (Å²) >= 11 is 0. The fourth-order valence-electron chi connectivity index (χ4n) is 3.03. The Hall–Kier alpha value is -2.83. The van der Waals surface area contributed by atoms with E-state index in [1.54, 1.807) is 6.20 Å². The van der Waals surface area contributed by atoms with Gasteiger partial charge >= 0.3 is 0 Å². The molecule has 0 saturated carbocycles. The number of imidazole rings is 1. The Morgan fingerprint density at radius 2 is 2.15 bits per heavy atom. The molecule has 2 heterocycles. The van der Waals surface area contributed by atoms with E-state index in [2.05, 4.69) is 15.3 Å². The van der Waals surface area contributed by atoms with Crippen molar-refractivity contribution in [2.45, 2.75) is 32.2 Å². The molecule has 0 aliphatic carbocycles. The van der Waals surface area contributed by atoms with Gasteiger partial charge in [0, 0.05) is 25.9 Å². The number of ether oxygens (including phenoxy) is 1. The van der Waals surface area contributed by atoms with Crippen LogP contribution in [0, 0.1) is 0 Å². The molecule has 1 aliphatic heterocycles. The summed E-state index contributed by atoms with van der Waals surface area (Å²) in [5.74, 6) is 1.90. The smallest absolute Gasteiger partial charge is 0.226 e. The van der Waals surface area contributed by atoms with E-state index < -0.39 is 0 Å². The number of rotatable bonds is 7. The zero-order valence-electron chi connectivity index (χ0n) is 14.9. The van der Waals surface area contributed by atoms with E-state index in [9.17, 15) is 9.59 Å². The van der Waals surface area contributed by atoms with E-state index in [4.69, 9.17) is 4.74 Å². The van der Waals surface area contributed by atoms with Crippen LogP contribution in [-0.4, -0.2) is 46.4 Å². The first kappa shape index (κ1) is 18.0. The van der Waals surface area contributed by atoms with E-state index in [0.29, 0.717) is 26.1 Å². The lowest BCUT2D eigenvalue weighted by Gasteiger charge is -2.16. The summed E-state index contributed by atoms with van der Waals surface area (Å²) in [6.45, 7) is 3.70. The van der Waals surface area contributed by atoms with Crippen molar-refractivity contribution in [1.82, 2.24) is 20.2 Å². The van der Waals surface area contributed by atoms with Gasteiger partial charge in [0.15, 0.2) is 0 Å². The molecule has 0 spiro atoms. The number of aromatic nitrogens is 2. The third-order valence-electron chi connectivity index (χ3n) is 4.43. The summed E-state index contributed by atoms with van der Waals surface area (Å²) in [6, 6.07) is 9.51. The first-order valence-electron chi connectivity index (χ1n) is 8.85. The maximum Gasteiger partial charge on any atom is 0.226 e. The van der Waals surface area contributed by atoms with E-state index in [0.717, 1.165) is 30.2 Å². The van der Waals surface area contributed by atoms with E-state index >= 15 is 0 Å². The number of carbonyl (C=O) groups is 2. The molecule has 7 nitrogen and oxygen atoms in total. The zero-order chi connectivity index (χ0) is 18.4. The minimum atomic E-state index is -0.0727. The highest BCUT2D eigenvalue weighted by Gasteiger charge is 2.28. The van der Waals surface area contributed by atoms with Crippen LogP contribution in [0.25, 0.3) is 0 Å². The van der Waals surface area contributed by atoms with Gasteiger partial charge < -0.3 is 19.9 Å². The molecule has 2 aromatic rings. The van der Waals surface area contributed by atoms with Crippen molar-refractivity contribution in [3.63, 3.8) is 0 Å². The summed E-state index contributed by atoms with van der Waals surface area (Å²) in [5, 5.41) is 2.74. The summed E-state index contributed by atoms with van der Waals surface area (Å²) in [7, 11) is 0. The fourth-order valence-corrected chi connectivity index (χ4v) is 3.03. The van der Waals surface area contributed by atoms with Crippen molar-refractivity contribution < 1.29 is 14.3 Å². The number of carbonyl (C=O) groups excluding carboxylic acids is 2. The average Bonchev–Trinajstić information content (AvgIpc) is 3.30. The van der Waals surface area contributed by atoms with E-state index in [-0.39, 0.29) is 17.7 Å². The van der Waals surface area contributed by atoms with Gasteiger partial charge in [0.25, 0.3) is 0 Å². The molecule has 1 atom stereocenters. The Labute approximate surface area is 152 Å². The van der Waals surface area contributed by atoms with Crippen molar-refractivity contribution in [3.8, 4) is 5.75 Å². The third-order valence-corrected chi connectivity index (χ3v) is 4.43. The molecule has 3 rings (SSSR count). The SMILES string of the molecule is CC(=O)NCc1cnc(C2CCN(C(=O)CCOc3ccccc3)C2)[nH]1. The second kappa shape index (κ2) is 8.51. The molecule has 1 unspecified atom stereocenters. The summed E-state index contributed by atoms with van der Waals surface area (Å²) in [5.41, 5.74) is 0.872. The highest BCUT2D eigenvalue weighted by atomic mass is 16.5. The lowest BCUT2D eigenvalue weighted by atomic mass is 10.1. The maximum atomic E-state index is 12.4. The number of amides is 2. The van der Waals surface area contributed by atoms with Crippen molar-refractivity contribution >= 4 is 11.8 Å². The third kappa shape index (κ3) is 4.84. The van der Waals surface area contributed by atoms with Crippen LogP contribution in [0.1, 0.15) is 37.2 Å². The van der Waals surface area contributed by atoms with E-state index in [1.165, 1.54) is 6.92 Å². The second-order valence-electron chi connectivity index (χ2n) is 6.44. The molecule has 0 radical (unpaired) electrons.